The van der Waals surface area contributed by atoms with E-state index in [-0.39, 0.29) is 28.9 Å². The van der Waals surface area contributed by atoms with E-state index in [2.05, 4.69) is 16.0 Å². The van der Waals surface area contributed by atoms with Crippen molar-refractivity contribution in [3.63, 3.8) is 0 Å². The Morgan fingerprint density at radius 1 is 1.35 bits per heavy atom. The molecular formula is C14H20FN3OS. The SMILES string of the molecule is Cc1ccc(NC(=S)NCC(=O)NC(C)(C)C)cc1F. The first kappa shape index (κ1) is 16.4. The third-order valence-electron chi connectivity index (χ3n) is 2.35. The Morgan fingerprint density at radius 2 is 2.00 bits per heavy atom. The molecular weight excluding hydrogens is 277 g/mol. The van der Waals surface area contributed by atoms with Crippen molar-refractivity contribution in [3.05, 3.63) is 29.6 Å². The molecule has 0 heterocycles. The van der Waals surface area contributed by atoms with Crippen LogP contribution in [0.5, 0.6) is 0 Å². The molecule has 110 valence electrons. The molecule has 0 aromatic heterocycles. The maximum atomic E-state index is 13.4. The summed E-state index contributed by atoms with van der Waals surface area (Å²) in [5.74, 6) is -0.458. The molecule has 1 rings (SSSR count). The van der Waals surface area contributed by atoms with Crippen LogP contribution in [-0.2, 0) is 4.79 Å². The van der Waals surface area contributed by atoms with Crippen molar-refractivity contribution in [3.8, 4) is 0 Å². The molecule has 3 N–H and O–H groups in total. The van der Waals surface area contributed by atoms with E-state index in [4.69, 9.17) is 12.2 Å². The fourth-order valence-electron chi connectivity index (χ4n) is 1.47. The van der Waals surface area contributed by atoms with Crippen LogP contribution in [0.1, 0.15) is 26.3 Å². The molecule has 0 radical (unpaired) electrons. The van der Waals surface area contributed by atoms with E-state index in [9.17, 15) is 9.18 Å². The number of carbonyl (C=O) groups excluding carboxylic acids is 1. The van der Waals surface area contributed by atoms with Crippen molar-refractivity contribution in [1.29, 1.82) is 0 Å². The number of rotatable bonds is 3. The minimum atomic E-state index is -0.303. The lowest BCUT2D eigenvalue weighted by Crippen LogP contribution is -2.46. The molecule has 0 aliphatic rings. The van der Waals surface area contributed by atoms with Crippen LogP contribution in [0.3, 0.4) is 0 Å². The zero-order valence-corrected chi connectivity index (χ0v) is 13.0. The highest BCUT2D eigenvalue weighted by atomic mass is 32.1. The quantitative estimate of drug-likeness (QED) is 0.750. The molecule has 20 heavy (non-hydrogen) atoms. The van der Waals surface area contributed by atoms with Crippen LogP contribution in [0.2, 0.25) is 0 Å². The smallest absolute Gasteiger partial charge is 0.239 e. The van der Waals surface area contributed by atoms with Gasteiger partial charge >= 0.3 is 0 Å². The van der Waals surface area contributed by atoms with Crippen LogP contribution < -0.4 is 16.0 Å². The maximum Gasteiger partial charge on any atom is 0.239 e. The van der Waals surface area contributed by atoms with Crippen LogP contribution >= 0.6 is 12.2 Å². The highest BCUT2D eigenvalue weighted by Crippen LogP contribution is 2.13. The van der Waals surface area contributed by atoms with E-state index in [1.807, 2.05) is 20.8 Å². The first-order chi connectivity index (χ1) is 9.17. The lowest BCUT2D eigenvalue weighted by Gasteiger charge is -2.21. The average Bonchev–Trinajstić information content (AvgIpc) is 2.29. The zero-order valence-electron chi connectivity index (χ0n) is 12.1. The number of halogens is 1. The van der Waals surface area contributed by atoms with Gasteiger partial charge in [-0.1, -0.05) is 6.07 Å². The van der Waals surface area contributed by atoms with E-state index in [0.717, 1.165) is 0 Å². The fourth-order valence-corrected chi connectivity index (χ4v) is 1.66. The Labute approximate surface area is 124 Å². The van der Waals surface area contributed by atoms with Gasteiger partial charge in [0.25, 0.3) is 0 Å². The second kappa shape index (κ2) is 6.65. The zero-order chi connectivity index (χ0) is 15.3. The summed E-state index contributed by atoms with van der Waals surface area (Å²) in [6, 6.07) is 4.74. The topological polar surface area (TPSA) is 53.2 Å². The second-order valence-corrected chi connectivity index (χ2v) is 5.98. The number of hydrogen-bond acceptors (Lipinski definition) is 2. The molecule has 0 aliphatic carbocycles. The minimum absolute atomic E-state index is 0.0669. The number of hydrogen-bond donors (Lipinski definition) is 3. The summed E-state index contributed by atoms with van der Waals surface area (Å²) < 4.78 is 13.4. The Bertz CT molecular complexity index is 512. The second-order valence-electron chi connectivity index (χ2n) is 5.57. The Balaban J connectivity index is 2.44. The number of carbonyl (C=O) groups is 1. The first-order valence-corrected chi connectivity index (χ1v) is 6.70. The molecule has 6 heteroatoms. The van der Waals surface area contributed by atoms with E-state index < -0.39 is 0 Å². The summed E-state index contributed by atoms with van der Waals surface area (Å²) in [6.45, 7) is 7.45. The van der Waals surface area contributed by atoms with Crippen LogP contribution in [0.25, 0.3) is 0 Å². The molecule has 0 saturated carbocycles. The number of thiocarbonyl (C=S) groups is 1. The van der Waals surface area contributed by atoms with Crippen LogP contribution in [0.15, 0.2) is 18.2 Å². The molecule has 1 aromatic rings. The summed E-state index contributed by atoms with van der Waals surface area (Å²) >= 11 is 5.05. The lowest BCUT2D eigenvalue weighted by atomic mass is 10.1. The third-order valence-corrected chi connectivity index (χ3v) is 2.60. The summed E-state index contributed by atoms with van der Waals surface area (Å²) in [5.41, 5.74) is 0.828. The highest BCUT2D eigenvalue weighted by molar-refractivity contribution is 7.80. The van der Waals surface area contributed by atoms with Gasteiger partial charge in [0, 0.05) is 11.2 Å². The molecule has 0 spiro atoms. The molecule has 1 aromatic carbocycles. The van der Waals surface area contributed by atoms with Gasteiger partial charge in [-0.3, -0.25) is 4.79 Å². The largest absolute Gasteiger partial charge is 0.353 e. The van der Waals surface area contributed by atoms with Gasteiger partial charge in [-0.05, 0) is 57.6 Å². The van der Waals surface area contributed by atoms with Gasteiger partial charge in [0.05, 0.1) is 6.54 Å². The van der Waals surface area contributed by atoms with Crippen molar-refractivity contribution in [2.24, 2.45) is 0 Å². The highest BCUT2D eigenvalue weighted by Gasteiger charge is 2.13. The molecule has 0 fully saturated rings. The summed E-state index contributed by atoms with van der Waals surface area (Å²) in [6.07, 6.45) is 0. The van der Waals surface area contributed by atoms with E-state index >= 15 is 0 Å². The normalized spacial score (nSPS) is 10.8. The van der Waals surface area contributed by atoms with Gasteiger partial charge in [-0.25, -0.2) is 4.39 Å². The van der Waals surface area contributed by atoms with E-state index in [0.29, 0.717) is 11.3 Å². The van der Waals surface area contributed by atoms with E-state index in [1.165, 1.54) is 6.07 Å². The molecule has 0 saturated heterocycles. The third kappa shape index (κ3) is 5.97. The lowest BCUT2D eigenvalue weighted by molar-refractivity contribution is -0.121. The van der Waals surface area contributed by atoms with Gasteiger partial charge in [-0.2, -0.15) is 0 Å². The van der Waals surface area contributed by atoms with Crippen molar-refractivity contribution in [1.82, 2.24) is 10.6 Å². The predicted molar refractivity (Wildman–Crippen MR) is 83.3 cm³/mol. The molecule has 0 bridgehead atoms. The standard InChI is InChI=1S/C14H20FN3OS/c1-9-5-6-10(7-11(9)15)17-13(20)16-8-12(19)18-14(2,3)4/h5-7H,8H2,1-4H3,(H,18,19)(H2,16,17,20). The predicted octanol–water partition coefficient (Wildman–Crippen LogP) is 2.34. The van der Waals surface area contributed by atoms with Gasteiger partial charge in [-0.15, -0.1) is 0 Å². The monoisotopic (exact) mass is 297 g/mol. The van der Waals surface area contributed by atoms with Crippen molar-refractivity contribution in [2.75, 3.05) is 11.9 Å². The molecule has 4 nitrogen and oxygen atoms in total. The van der Waals surface area contributed by atoms with Gasteiger partial charge in [0.15, 0.2) is 5.11 Å². The Hall–Kier alpha value is -1.69. The maximum absolute atomic E-state index is 13.4. The number of amides is 1. The summed E-state index contributed by atoms with van der Waals surface area (Å²) in [7, 11) is 0. The van der Waals surface area contributed by atoms with Crippen molar-refractivity contribution < 1.29 is 9.18 Å². The van der Waals surface area contributed by atoms with Gasteiger partial charge < -0.3 is 16.0 Å². The number of benzene rings is 1. The van der Waals surface area contributed by atoms with Gasteiger partial charge in [0.2, 0.25) is 5.91 Å². The van der Waals surface area contributed by atoms with Crippen LogP contribution in [0, 0.1) is 12.7 Å². The summed E-state index contributed by atoms with van der Waals surface area (Å²) in [5, 5.41) is 8.68. The van der Waals surface area contributed by atoms with Gasteiger partial charge in [0.1, 0.15) is 5.82 Å². The Kier molecular flexibility index (Phi) is 5.44. The van der Waals surface area contributed by atoms with E-state index in [1.54, 1.807) is 19.1 Å². The minimum Gasteiger partial charge on any atom is -0.353 e. The van der Waals surface area contributed by atoms with Crippen LogP contribution in [-0.4, -0.2) is 23.1 Å². The van der Waals surface area contributed by atoms with Crippen molar-refractivity contribution >= 4 is 28.9 Å². The van der Waals surface area contributed by atoms with Crippen molar-refractivity contribution in [2.45, 2.75) is 33.2 Å². The van der Waals surface area contributed by atoms with Crippen LogP contribution in [0.4, 0.5) is 10.1 Å². The average molecular weight is 297 g/mol. The molecule has 0 unspecified atom stereocenters. The molecule has 0 aliphatic heterocycles. The first-order valence-electron chi connectivity index (χ1n) is 6.29. The molecule has 0 atom stereocenters. The number of aryl methyl sites for hydroxylation is 1. The Morgan fingerprint density at radius 3 is 2.55 bits per heavy atom. The number of anilines is 1. The fraction of sp³-hybridized carbons (Fsp3) is 0.429. The summed E-state index contributed by atoms with van der Waals surface area (Å²) in [4.78, 5) is 11.6. The number of nitrogens with one attached hydrogen (secondary N) is 3. The molecule has 1 amide bonds.